The fourth-order valence-electron chi connectivity index (χ4n) is 1.59. The first-order valence-corrected chi connectivity index (χ1v) is 7.48. The van der Waals surface area contributed by atoms with E-state index in [9.17, 15) is 14.9 Å². The minimum Gasteiger partial charge on any atom is -0.347 e. The lowest BCUT2D eigenvalue weighted by Gasteiger charge is -2.06. The van der Waals surface area contributed by atoms with Crippen LogP contribution in [-0.4, -0.2) is 10.8 Å². The number of carbonyl (C=O) groups is 1. The summed E-state index contributed by atoms with van der Waals surface area (Å²) in [5, 5.41) is 15.5. The summed E-state index contributed by atoms with van der Waals surface area (Å²) in [5.74, 6) is -0.563. The van der Waals surface area contributed by atoms with Crippen LogP contribution in [0.3, 0.4) is 0 Å². The lowest BCUT2D eigenvalue weighted by atomic mass is 10.1. The van der Waals surface area contributed by atoms with E-state index in [0.29, 0.717) is 0 Å². The van der Waals surface area contributed by atoms with Crippen LogP contribution >= 0.6 is 38.9 Å². The highest BCUT2D eigenvalue weighted by atomic mass is 79.9. The van der Waals surface area contributed by atoms with Crippen LogP contribution in [0.4, 0.5) is 5.69 Å². The van der Waals surface area contributed by atoms with Crippen LogP contribution in [0.2, 0.25) is 5.02 Å². The molecule has 0 spiro atoms. The third-order valence-corrected chi connectivity index (χ3v) is 4.47. The second kappa shape index (κ2) is 6.34. The van der Waals surface area contributed by atoms with Crippen molar-refractivity contribution in [3.63, 3.8) is 0 Å². The molecule has 1 amide bonds. The van der Waals surface area contributed by atoms with Crippen LogP contribution in [0, 0.1) is 10.1 Å². The molecule has 2 aromatic rings. The first-order chi connectivity index (χ1) is 9.49. The molecule has 5 nitrogen and oxygen atoms in total. The number of nitro benzene ring substituents is 1. The fourth-order valence-corrected chi connectivity index (χ4v) is 3.24. The first-order valence-electron chi connectivity index (χ1n) is 5.43. The number of nitro groups is 1. The van der Waals surface area contributed by atoms with Gasteiger partial charge in [-0.15, -0.1) is 11.3 Å². The molecule has 0 radical (unpaired) electrons. The number of rotatable bonds is 4. The Bertz CT molecular complexity index is 674. The number of hydrogen-bond donors (Lipinski definition) is 1. The van der Waals surface area contributed by atoms with E-state index in [1.54, 1.807) is 0 Å². The summed E-state index contributed by atoms with van der Waals surface area (Å²) in [7, 11) is 0. The molecular weight excluding hydrogens is 368 g/mol. The lowest BCUT2D eigenvalue weighted by Crippen LogP contribution is -2.23. The molecule has 0 bridgehead atoms. The molecule has 0 saturated heterocycles. The molecule has 1 aromatic carbocycles. The van der Waals surface area contributed by atoms with Crippen molar-refractivity contribution < 1.29 is 9.72 Å². The van der Waals surface area contributed by atoms with Crippen molar-refractivity contribution >= 4 is 50.5 Å². The molecule has 1 aromatic heterocycles. The van der Waals surface area contributed by atoms with Gasteiger partial charge in [0.2, 0.25) is 0 Å². The van der Waals surface area contributed by atoms with E-state index in [1.165, 1.54) is 29.5 Å². The molecule has 104 valence electrons. The van der Waals surface area contributed by atoms with Gasteiger partial charge in [-0.05, 0) is 28.1 Å². The van der Waals surface area contributed by atoms with Crippen LogP contribution in [-0.2, 0) is 6.54 Å². The Morgan fingerprint density at radius 3 is 2.85 bits per heavy atom. The maximum Gasteiger partial charge on any atom is 0.283 e. The number of benzene rings is 1. The monoisotopic (exact) mass is 374 g/mol. The van der Waals surface area contributed by atoms with Gasteiger partial charge in [0.1, 0.15) is 5.56 Å². The summed E-state index contributed by atoms with van der Waals surface area (Å²) in [4.78, 5) is 23.3. The van der Waals surface area contributed by atoms with E-state index in [0.717, 1.165) is 9.35 Å². The number of nitrogens with zero attached hydrogens (tertiary/aromatic N) is 1. The standard InChI is InChI=1S/C12H8BrClN2O3S/c13-7-4-8(20-6-7)5-15-12(17)11-9(14)2-1-3-10(11)16(18)19/h1-4,6H,5H2,(H,15,17). The average molecular weight is 376 g/mol. The van der Waals surface area contributed by atoms with Gasteiger partial charge in [-0.3, -0.25) is 14.9 Å². The maximum absolute atomic E-state index is 12.1. The van der Waals surface area contributed by atoms with Crippen molar-refractivity contribution in [3.05, 3.63) is 59.7 Å². The van der Waals surface area contributed by atoms with Gasteiger partial charge in [0, 0.05) is 20.8 Å². The van der Waals surface area contributed by atoms with Gasteiger partial charge in [-0.2, -0.15) is 0 Å². The number of halogens is 2. The largest absolute Gasteiger partial charge is 0.347 e. The highest BCUT2D eigenvalue weighted by Gasteiger charge is 2.23. The third kappa shape index (κ3) is 3.36. The predicted octanol–water partition coefficient (Wildman–Crippen LogP) is 4.00. The van der Waals surface area contributed by atoms with Crippen molar-refractivity contribution in [2.75, 3.05) is 0 Å². The third-order valence-electron chi connectivity index (χ3n) is 2.46. The molecular formula is C12H8BrClN2O3S. The fraction of sp³-hybridized carbons (Fsp3) is 0.0833. The normalized spacial score (nSPS) is 10.3. The summed E-state index contributed by atoms with van der Waals surface area (Å²) >= 11 is 10.7. The van der Waals surface area contributed by atoms with Crippen molar-refractivity contribution in [2.24, 2.45) is 0 Å². The van der Waals surface area contributed by atoms with E-state index >= 15 is 0 Å². The zero-order chi connectivity index (χ0) is 14.7. The minimum atomic E-state index is -0.622. The molecule has 0 atom stereocenters. The van der Waals surface area contributed by atoms with Crippen LogP contribution in [0.25, 0.3) is 0 Å². The molecule has 0 aliphatic heterocycles. The molecule has 0 saturated carbocycles. The van der Waals surface area contributed by atoms with Gasteiger partial charge >= 0.3 is 0 Å². The molecule has 20 heavy (non-hydrogen) atoms. The molecule has 1 heterocycles. The number of thiophene rings is 1. The summed E-state index contributed by atoms with van der Waals surface area (Å²) in [5.41, 5.74) is -0.419. The Kier molecular flexibility index (Phi) is 4.74. The molecule has 0 fully saturated rings. The predicted molar refractivity (Wildman–Crippen MR) is 81.3 cm³/mol. The molecule has 1 N–H and O–H groups in total. The Labute approximate surface area is 131 Å². The summed E-state index contributed by atoms with van der Waals surface area (Å²) in [6.07, 6.45) is 0. The summed E-state index contributed by atoms with van der Waals surface area (Å²) < 4.78 is 0.926. The Morgan fingerprint density at radius 1 is 1.50 bits per heavy atom. The van der Waals surface area contributed by atoms with Crippen molar-refractivity contribution in [3.8, 4) is 0 Å². The van der Waals surface area contributed by atoms with Crippen molar-refractivity contribution in [1.82, 2.24) is 5.32 Å². The number of carbonyl (C=O) groups excluding carboxylic acids is 1. The maximum atomic E-state index is 12.1. The Balaban J connectivity index is 2.19. The van der Waals surface area contributed by atoms with Crippen molar-refractivity contribution in [1.29, 1.82) is 0 Å². The quantitative estimate of drug-likeness (QED) is 0.648. The van der Waals surface area contributed by atoms with Crippen LogP contribution in [0.1, 0.15) is 15.2 Å². The van der Waals surface area contributed by atoms with Crippen LogP contribution in [0.5, 0.6) is 0 Å². The summed E-state index contributed by atoms with van der Waals surface area (Å²) in [6.45, 7) is 0.289. The zero-order valence-electron chi connectivity index (χ0n) is 9.93. The van der Waals surface area contributed by atoms with Gasteiger partial charge in [0.25, 0.3) is 11.6 Å². The minimum absolute atomic E-state index is 0.0593. The topological polar surface area (TPSA) is 72.2 Å². The van der Waals surface area contributed by atoms with E-state index in [4.69, 9.17) is 11.6 Å². The summed E-state index contributed by atoms with van der Waals surface area (Å²) in [6, 6.07) is 6.01. The number of hydrogen-bond acceptors (Lipinski definition) is 4. The van der Waals surface area contributed by atoms with Crippen LogP contribution in [0.15, 0.2) is 34.1 Å². The van der Waals surface area contributed by atoms with E-state index in [2.05, 4.69) is 21.2 Å². The van der Waals surface area contributed by atoms with Gasteiger partial charge < -0.3 is 5.32 Å². The van der Waals surface area contributed by atoms with E-state index in [1.807, 2.05) is 11.4 Å². The SMILES string of the molecule is O=C(NCc1cc(Br)cs1)c1c(Cl)cccc1[N+](=O)[O-]. The smallest absolute Gasteiger partial charge is 0.283 e. The second-order valence-corrected chi connectivity index (χ2v) is 6.12. The molecule has 0 aliphatic carbocycles. The Morgan fingerprint density at radius 2 is 2.25 bits per heavy atom. The Hall–Kier alpha value is -1.44. The highest BCUT2D eigenvalue weighted by Crippen LogP contribution is 2.26. The second-order valence-electron chi connectivity index (χ2n) is 3.80. The first kappa shape index (κ1) is 15.0. The molecule has 0 unspecified atom stereocenters. The average Bonchev–Trinajstić information content (AvgIpc) is 2.81. The molecule has 8 heteroatoms. The van der Waals surface area contributed by atoms with Crippen molar-refractivity contribution in [2.45, 2.75) is 6.54 Å². The van der Waals surface area contributed by atoms with Gasteiger partial charge in [-0.25, -0.2) is 0 Å². The molecule has 2 rings (SSSR count). The van der Waals surface area contributed by atoms with E-state index < -0.39 is 10.8 Å². The van der Waals surface area contributed by atoms with Gasteiger partial charge in [-0.1, -0.05) is 17.7 Å². The zero-order valence-corrected chi connectivity index (χ0v) is 13.1. The lowest BCUT2D eigenvalue weighted by molar-refractivity contribution is -0.385. The number of amides is 1. The number of nitrogens with one attached hydrogen (secondary N) is 1. The van der Waals surface area contributed by atoms with Gasteiger partial charge in [0.05, 0.1) is 16.5 Å². The van der Waals surface area contributed by atoms with Gasteiger partial charge in [0.15, 0.2) is 0 Å². The highest BCUT2D eigenvalue weighted by molar-refractivity contribution is 9.10. The van der Waals surface area contributed by atoms with E-state index in [-0.39, 0.29) is 22.8 Å². The molecule has 0 aliphatic rings. The van der Waals surface area contributed by atoms with Crippen LogP contribution < -0.4 is 5.32 Å².